The average molecular weight is 292 g/mol. The van der Waals surface area contributed by atoms with Gasteiger partial charge in [0, 0.05) is 24.5 Å². The third-order valence-corrected chi connectivity index (χ3v) is 5.00. The van der Waals surface area contributed by atoms with Gasteiger partial charge < -0.3 is 9.47 Å². The van der Waals surface area contributed by atoms with Crippen LogP contribution in [0.4, 0.5) is 0 Å². The number of ether oxygens (including phenoxy) is 2. The summed E-state index contributed by atoms with van der Waals surface area (Å²) in [6.45, 7) is 0. The first-order valence-electron chi connectivity index (χ1n) is 6.98. The zero-order valence-electron chi connectivity index (χ0n) is 10.9. The lowest BCUT2D eigenvalue weighted by Crippen LogP contribution is -2.45. The van der Waals surface area contributed by atoms with Gasteiger partial charge in [-0.05, 0) is 31.7 Å². The highest BCUT2D eigenvalue weighted by Gasteiger charge is 2.48. The van der Waals surface area contributed by atoms with E-state index in [-0.39, 0.29) is 0 Å². The molecule has 0 amide bonds. The Hall–Kier alpha value is -1.51. The molecule has 20 heavy (non-hydrogen) atoms. The van der Waals surface area contributed by atoms with E-state index in [4.69, 9.17) is 21.1 Å². The molecule has 104 valence electrons. The lowest BCUT2D eigenvalue weighted by Gasteiger charge is -2.37. The average Bonchev–Trinajstić information content (AvgIpc) is 2.72. The number of nitrogens with zero attached hydrogens (tertiary/aromatic N) is 1. The molecule has 1 aliphatic heterocycles. The van der Waals surface area contributed by atoms with Crippen molar-refractivity contribution in [2.75, 3.05) is 0 Å². The van der Waals surface area contributed by atoms with E-state index >= 15 is 0 Å². The lowest BCUT2D eigenvalue weighted by atomic mass is 9.72. The Morgan fingerprint density at radius 1 is 1.10 bits per heavy atom. The Morgan fingerprint density at radius 2 is 1.75 bits per heavy atom. The highest BCUT2D eigenvalue weighted by molar-refractivity contribution is 6.31. The van der Waals surface area contributed by atoms with E-state index in [2.05, 4.69) is 4.99 Å². The Bertz CT molecular complexity index is 628. The van der Waals surface area contributed by atoms with Gasteiger partial charge in [-0.1, -0.05) is 11.6 Å². The molecule has 0 N–H and O–H groups in total. The van der Waals surface area contributed by atoms with Crippen molar-refractivity contribution in [3.8, 4) is 11.5 Å². The lowest BCUT2D eigenvalue weighted by molar-refractivity contribution is -0.138. The second-order valence-corrected chi connectivity index (χ2v) is 6.24. The minimum atomic E-state index is -0.507. The van der Waals surface area contributed by atoms with Crippen molar-refractivity contribution < 1.29 is 14.3 Å². The van der Waals surface area contributed by atoms with Gasteiger partial charge in [-0.15, -0.1) is 0 Å². The predicted octanol–water partition coefficient (Wildman–Crippen LogP) is 3.71. The molecule has 1 heterocycles. The Kier molecular flexibility index (Phi) is 2.45. The third kappa shape index (κ3) is 1.55. The molecule has 0 bridgehead atoms. The number of rotatable bonds is 2. The van der Waals surface area contributed by atoms with Gasteiger partial charge in [0.2, 0.25) is 6.08 Å². The molecule has 4 nitrogen and oxygen atoms in total. The molecule has 1 aromatic carbocycles. The standard InChI is InChI=1S/C15H14ClNO3/c16-11-8-13-12(19-15(20-13)5-2-6-15)7-10(11)14(17-9-18)3-1-4-14/h7-8H,1-6H2. The molecule has 0 unspecified atom stereocenters. The second-order valence-electron chi connectivity index (χ2n) is 5.84. The first-order chi connectivity index (χ1) is 9.66. The molecule has 3 aliphatic rings. The molecule has 2 fully saturated rings. The minimum Gasteiger partial charge on any atom is -0.448 e. The highest BCUT2D eigenvalue weighted by atomic mass is 35.5. The zero-order chi connectivity index (χ0) is 13.8. The minimum absolute atomic E-state index is 0.467. The summed E-state index contributed by atoms with van der Waals surface area (Å²) in [5, 5.41) is 0.586. The van der Waals surface area contributed by atoms with Crippen molar-refractivity contribution in [1.82, 2.24) is 0 Å². The summed E-state index contributed by atoms with van der Waals surface area (Å²) in [6, 6.07) is 3.68. The number of aliphatic imine (C=N–C) groups is 1. The van der Waals surface area contributed by atoms with Gasteiger partial charge in [0.25, 0.3) is 5.79 Å². The van der Waals surface area contributed by atoms with Crippen LogP contribution in [-0.2, 0) is 10.3 Å². The summed E-state index contributed by atoms with van der Waals surface area (Å²) in [5.41, 5.74) is 0.347. The van der Waals surface area contributed by atoms with Crippen LogP contribution in [0.5, 0.6) is 11.5 Å². The van der Waals surface area contributed by atoms with E-state index in [9.17, 15) is 4.79 Å². The molecule has 4 rings (SSSR count). The molecule has 0 saturated heterocycles. The number of carbonyl (C=O) groups excluding carboxylic acids is 1. The summed E-state index contributed by atoms with van der Waals surface area (Å²) in [6.07, 6.45) is 7.32. The van der Waals surface area contributed by atoms with Gasteiger partial charge >= 0.3 is 0 Å². The van der Waals surface area contributed by atoms with Crippen LogP contribution in [0.2, 0.25) is 5.02 Å². The molecule has 0 aromatic heterocycles. The Balaban J connectivity index is 1.76. The van der Waals surface area contributed by atoms with Crippen molar-refractivity contribution in [2.45, 2.75) is 49.9 Å². The topological polar surface area (TPSA) is 47.9 Å². The molecular weight excluding hydrogens is 278 g/mol. The number of halogens is 1. The fourth-order valence-electron chi connectivity index (χ4n) is 3.18. The van der Waals surface area contributed by atoms with Gasteiger partial charge in [0.15, 0.2) is 11.5 Å². The number of hydrogen-bond acceptors (Lipinski definition) is 4. The summed E-state index contributed by atoms with van der Waals surface area (Å²) < 4.78 is 11.8. The highest BCUT2D eigenvalue weighted by Crippen LogP contribution is 2.54. The molecule has 5 heteroatoms. The molecule has 2 aliphatic carbocycles. The largest absolute Gasteiger partial charge is 0.448 e. The maximum atomic E-state index is 10.7. The summed E-state index contributed by atoms with van der Waals surface area (Å²) in [7, 11) is 0. The van der Waals surface area contributed by atoms with Gasteiger partial charge in [0.05, 0.1) is 10.6 Å². The van der Waals surface area contributed by atoms with Crippen LogP contribution in [0.15, 0.2) is 17.1 Å². The summed E-state index contributed by atoms with van der Waals surface area (Å²) in [5.74, 6) is 0.949. The first-order valence-corrected chi connectivity index (χ1v) is 7.35. The maximum Gasteiger partial charge on any atom is 0.251 e. The Morgan fingerprint density at radius 3 is 2.25 bits per heavy atom. The van der Waals surface area contributed by atoms with Gasteiger partial charge in [-0.25, -0.2) is 4.79 Å². The van der Waals surface area contributed by atoms with Crippen molar-refractivity contribution in [2.24, 2.45) is 4.99 Å². The molecule has 1 spiro atoms. The number of fused-ring (bicyclic) bond motifs is 1. The van der Waals surface area contributed by atoms with Crippen molar-refractivity contribution >= 4 is 17.7 Å². The van der Waals surface area contributed by atoms with Gasteiger partial charge in [0.1, 0.15) is 0 Å². The number of hydrogen-bond donors (Lipinski definition) is 0. The van der Waals surface area contributed by atoms with Gasteiger partial charge in [-0.2, -0.15) is 4.99 Å². The SMILES string of the molecule is O=C=NC1(c2cc3c(cc2Cl)OC2(CCC2)O3)CCC1. The van der Waals surface area contributed by atoms with Gasteiger partial charge in [-0.3, -0.25) is 0 Å². The Labute approximate surface area is 121 Å². The second kappa shape index (κ2) is 4.00. The van der Waals surface area contributed by atoms with Crippen LogP contribution in [0.1, 0.15) is 44.1 Å². The number of benzene rings is 1. The van der Waals surface area contributed by atoms with Crippen LogP contribution >= 0.6 is 11.6 Å². The zero-order valence-corrected chi connectivity index (χ0v) is 11.7. The monoisotopic (exact) mass is 291 g/mol. The van der Waals surface area contributed by atoms with Crippen LogP contribution in [0.3, 0.4) is 0 Å². The molecule has 2 saturated carbocycles. The number of isocyanates is 1. The third-order valence-electron chi connectivity index (χ3n) is 4.68. The summed E-state index contributed by atoms with van der Waals surface area (Å²) >= 11 is 6.37. The van der Waals surface area contributed by atoms with E-state index in [1.165, 1.54) is 0 Å². The van der Waals surface area contributed by atoms with E-state index in [0.717, 1.165) is 49.8 Å². The van der Waals surface area contributed by atoms with E-state index < -0.39 is 11.3 Å². The van der Waals surface area contributed by atoms with E-state index in [1.807, 2.05) is 6.07 Å². The van der Waals surface area contributed by atoms with Crippen LogP contribution in [0.25, 0.3) is 0 Å². The molecule has 0 atom stereocenters. The fraction of sp³-hybridized carbons (Fsp3) is 0.533. The van der Waals surface area contributed by atoms with E-state index in [1.54, 1.807) is 12.1 Å². The van der Waals surface area contributed by atoms with Crippen LogP contribution < -0.4 is 9.47 Å². The summed E-state index contributed by atoms with van der Waals surface area (Å²) in [4.78, 5) is 14.7. The predicted molar refractivity (Wildman–Crippen MR) is 72.9 cm³/mol. The molecule has 1 aromatic rings. The molecule has 0 radical (unpaired) electrons. The smallest absolute Gasteiger partial charge is 0.251 e. The normalized spacial score (nSPS) is 23.6. The van der Waals surface area contributed by atoms with Crippen LogP contribution in [0, 0.1) is 0 Å². The first kappa shape index (κ1) is 12.2. The van der Waals surface area contributed by atoms with Crippen molar-refractivity contribution in [3.05, 3.63) is 22.7 Å². The molecular formula is C15H14ClNO3. The maximum absolute atomic E-state index is 10.7. The van der Waals surface area contributed by atoms with Crippen LogP contribution in [-0.4, -0.2) is 11.9 Å². The fourth-order valence-corrected chi connectivity index (χ4v) is 3.51. The quantitative estimate of drug-likeness (QED) is 0.616. The van der Waals surface area contributed by atoms with Crippen molar-refractivity contribution in [3.63, 3.8) is 0 Å². The van der Waals surface area contributed by atoms with Crippen molar-refractivity contribution in [1.29, 1.82) is 0 Å². The van der Waals surface area contributed by atoms with E-state index in [0.29, 0.717) is 10.8 Å².